The molecule has 1 saturated heterocycles. The summed E-state index contributed by atoms with van der Waals surface area (Å²) in [5.74, 6) is 0.131. The van der Waals surface area contributed by atoms with E-state index in [1.165, 1.54) is 5.56 Å². The van der Waals surface area contributed by atoms with Gasteiger partial charge in [-0.25, -0.2) is 8.42 Å². The number of likely N-dealkylation sites (tertiary alicyclic amines) is 1. The first-order chi connectivity index (χ1) is 10.4. The minimum atomic E-state index is -2.99. The smallest absolute Gasteiger partial charge is 0.246 e. The van der Waals surface area contributed by atoms with Crippen LogP contribution in [0.1, 0.15) is 30.9 Å². The molecule has 0 N–H and O–H groups in total. The fourth-order valence-electron chi connectivity index (χ4n) is 2.62. The van der Waals surface area contributed by atoms with Gasteiger partial charge in [-0.15, -0.1) is 0 Å². The van der Waals surface area contributed by atoms with E-state index in [1.807, 2.05) is 31.2 Å². The van der Waals surface area contributed by atoms with Crippen LogP contribution in [0.25, 0.3) is 6.08 Å². The molecule has 0 saturated carbocycles. The highest BCUT2D eigenvalue weighted by Crippen LogP contribution is 2.19. The Kier molecular flexibility index (Phi) is 5.40. The molecule has 2 rings (SSSR count). The van der Waals surface area contributed by atoms with E-state index < -0.39 is 9.84 Å². The fraction of sp³-hybridized carbons (Fsp3) is 0.471. The minimum Gasteiger partial charge on any atom is -0.339 e. The van der Waals surface area contributed by atoms with Crippen LogP contribution in [-0.2, 0) is 14.6 Å². The van der Waals surface area contributed by atoms with Crippen LogP contribution in [0.4, 0.5) is 0 Å². The lowest BCUT2D eigenvalue weighted by Gasteiger charge is -2.30. The maximum absolute atomic E-state index is 12.2. The van der Waals surface area contributed by atoms with Crippen LogP contribution in [0.3, 0.4) is 0 Å². The molecule has 120 valence electrons. The Morgan fingerprint density at radius 2 is 1.82 bits per heavy atom. The van der Waals surface area contributed by atoms with E-state index in [9.17, 15) is 13.2 Å². The van der Waals surface area contributed by atoms with Crippen molar-refractivity contribution in [1.29, 1.82) is 0 Å². The largest absolute Gasteiger partial charge is 0.339 e. The van der Waals surface area contributed by atoms with Crippen LogP contribution in [0.5, 0.6) is 0 Å². The molecule has 1 aromatic rings. The van der Waals surface area contributed by atoms with Gasteiger partial charge in [0.25, 0.3) is 0 Å². The van der Waals surface area contributed by atoms with Gasteiger partial charge in [-0.2, -0.15) is 0 Å². The highest BCUT2D eigenvalue weighted by atomic mass is 32.2. The fourth-order valence-corrected chi connectivity index (χ4v) is 4.02. The number of amides is 1. The number of rotatable bonds is 4. The van der Waals surface area contributed by atoms with E-state index in [0.717, 1.165) is 5.56 Å². The number of aryl methyl sites for hydroxylation is 1. The maximum atomic E-state index is 12.2. The molecule has 0 radical (unpaired) electrons. The quantitative estimate of drug-likeness (QED) is 0.800. The van der Waals surface area contributed by atoms with Crippen LogP contribution in [0.2, 0.25) is 0 Å². The number of piperidine rings is 1. The van der Waals surface area contributed by atoms with Crippen molar-refractivity contribution >= 4 is 21.8 Å². The van der Waals surface area contributed by atoms with Gasteiger partial charge in [0.1, 0.15) is 0 Å². The van der Waals surface area contributed by atoms with E-state index >= 15 is 0 Å². The molecule has 22 heavy (non-hydrogen) atoms. The summed E-state index contributed by atoms with van der Waals surface area (Å²) >= 11 is 0. The molecule has 0 atom stereocenters. The van der Waals surface area contributed by atoms with Crippen molar-refractivity contribution in [1.82, 2.24) is 4.90 Å². The Hall–Kier alpha value is -1.62. The summed E-state index contributed by atoms with van der Waals surface area (Å²) in [6.45, 7) is 4.73. The van der Waals surface area contributed by atoms with Gasteiger partial charge >= 0.3 is 0 Å². The summed E-state index contributed by atoms with van der Waals surface area (Å²) < 4.78 is 23.7. The predicted octanol–water partition coefficient (Wildman–Crippen LogP) is 2.43. The summed E-state index contributed by atoms with van der Waals surface area (Å²) in [6, 6.07) is 7.95. The number of hydrogen-bond acceptors (Lipinski definition) is 3. The Morgan fingerprint density at radius 3 is 2.36 bits per heavy atom. The summed E-state index contributed by atoms with van der Waals surface area (Å²) in [4.78, 5) is 13.9. The number of benzene rings is 1. The zero-order valence-electron chi connectivity index (χ0n) is 13.2. The third kappa shape index (κ3) is 4.19. The standard InChI is InChI=1S/C17H23NO3S/c1-3-22(20,21)16-10-12-18(13-11-16)17(19)9-8-15-6-4-14(2)5-7-15/h4-9,16H,3,10-13H2,1-2H3/b9-8+. The Bertz CT molecular complexity index is 639. The molecule has 0 aliphatic carbocycles. The normalized spacial score (nSPS) is 17.1. The van der Waals surface area contributed by atoms with Gasteiger partial charge in [0.2, 0.25) is 5.91 Å². The van der Waals surface area contributed by atoms with Crippen molar-refractivity contribution in [2.24, 2.45) is 0 Å². The molecule has 4 nitrogen and oxygen atoms in total. The van der Waals surface area contributed by atoms with E-state index in [0.29, 0.717) is 25.9 Å². The highest BCUT2D eigenvalue weighted by Gasteiger charge is 2.29. The van der Waals surface area contributed by atoms with E-state index in [4.69, 9.17) is 0 Å². The lowest BCUT2D eigenvalue weighted by molar-refractivity contribution is -0.126. The molecule has 5 heteroatoms. The average Bonchev–Trinajstić information content (AvgIpc) is 2.54. The molecule has 1 fully saturated rings. The SMILES string of the molecule is CCS(=O)(=O)C1CCN(C(=O)/C=C/c2ccc(C)cc2)CC1. The number of hydrogen-bond donors (Lipinski definition) is 0. The molecule has 0 bridgehead atoms. The highest BCUT2D eigenvalue weighted by molar-refractivity contribution is 7.92. The van der Waals surface area contributed by atoms with Gasteiger partial charge in [0.05, 0.1) is 5.25 Å². The summed E-state index contributed by atoms with van der Waals surface area (Å²) in [5.41, 5.74) is 2.17. The topological polar surface area (TPSA) is 54.5 Å². The van der Waals surface area contributed by atoms with Gasteiger partial charge in [0.15, 0.2) is 9.84 Å². The van der Waals surface area contributed by atoms with Gasteiger partial charge in [-0.05, 0) is 31.4 Å². The molecule has 0 aromatic heterocycles. The Balaban J connectivity index is 1.91. The van der Waals surface area contributed by atoms with Crippen molar-refractivity contribution in [3.63, 3.8) is 0 Å². The first-order valence-electron chi connectivity index (χ1n) is 7.67. The van der Waals surface area contributed by atoms with Crippen molar-refractivity contribution in [2.75, 3.05) is 18.8 Å². The zero-order valence-corrected chi connectivity index (χ0v) is 14.0. The van der Waals surface area contributed by atoms with Crippen LogP contribution >= 0.6 is 0 Å². The molecular weight excluding hydrogens is 298 g/mol. The molecule has 1 aromatic carbocycles. The van der Waals surface area contributed by atoms with Gasteiger partial charge in [-0.3, -0.25) is 4.79 Å². The van der Waals surface area contributed by atoms with Crippen LogP contribution < -0.4 is 0 Å². The minimum absolute atomic E-state index is 0.0482. The third-order valence-corrected chi connectivity index (χ3v) is 6.45. The molecular formula is C17H23NO3S. The predicted molar refractivity (Wildman–Crippen MR) is 89.3 cm³/mol. The summed E-state index contributed by atoms with van der Waals surface area (Å²) in [7, 11) is -2.99. The van der Waals surface area contributed by atoms with Crippen molar-refractivity contribution < 1.29 is 13.2 Å². The van der Waals surface area contributed by atoms with Gasteiger partial charge < -0.3 is 4.90 Å². The second-order valence-corrected chi connectivity index (χ2v) is 8.29. The first kappa shape index (κ1) is 16.7. The number of nitrogens with zero attached hydrogens (tertiary/aromatic N) is 1. The van der Waals surface area contributed by atoms with Crippen LogP contribution in [0, 0.1) is 6.92 Å². The lowest BCUT2D eigenvalue weighted by atomic mass is 10.1. The molecule has 1 amide bonds. The number of carbonyl (C=O) groups excluding carboxylic acids is 1. The monoisotopic (exact) mass is 321 g/mol. The molecule has 1 aliphatic heterocycles. The third-order valence-electron chi connectivity index (χ3n) is 4.16. The first-order valence-corrected chi connectivity index (χ1v) is 9.39. The number of sulfone groups is 1. The average molecular weight is 321 g/mol. The maximum Gasteiger partial charge on any atom is 0.246 e. The Labute approximate surface area is 132 Å². The molecule has 1 aliphatic rings. The van der Waals surface area contributed by atoms with Crippen LogP contribution in [0.15, 0.2) is 30.3 Å². The second kappa shape index (κ2) is 7.09. The van der Waals surface area contributed by atoms with E-state index in [1.54, 1.807) is 24.0 Å². The van der Waals surface area contributed by atoms with Crippen molar-refractivity contribution in [2.45, 2.75) is 31.9 Å². The molecule has 0 spiro atoms. The zero-order chi connectivity index (χ0) is 16.2. The molecule has 1 heterocycles. The van der Waals surface area contributed by atoms with Crippen molar-refractivity contribution in [3.05, 3.63) is 41.5 Å². The van der Waals surface area contributed by atoms with Gasteiger partial charge in [-0.1, -0.05) is 36.8 Å². The molecule has 0 unspecified atom stereocenters. The summed E-state index contributed by atoms with van der Waals surface area (Å²) in [6.07, 6.45) is 4.45. The van der Waals surface area contributed by atoms with E-state index in [-0.39, 0.29) is 16.9 Å². The Morgan fingerprint density at radius 1 is 1.23 bits per heavy atom. The lowest BCUT2D eigenvalue weighted by Crippen LogP contribution is -2.42. The second-order valence-electron chi connectivity index (χ2n) is 5.72. The van der Waals surface area contributed by atoms with Crippen LogP contribution in [-0.4, -0.2) is 43.3 Å². The van der Waals surface area contributed by atoms with E-state index in [2.05, 4.69) is 0 Å². The van der Waals surface area contributed by atoms with Gasteiger partial charge in [0, 0.05) is 24.9 Å². The van der Waals surface area contributed by atoms with Crippen molar-refractivity contribution in [3.8, 4) is 0 Å². The summed E-state index contributed by atoms with van der Waals surface area (Å²) in [5, 5.41) is -0.289. The number of carbonyl (C=O) groups is 1.